The number of amides is 1. The standard InChI is InChI=1S/C11H15N3O3S/c1-18-8-11(15)13-7-6-12-9-4-2-3-5-10(9)14(16)17/h2-5,12H,6-8H2,1H3,(H,13,15). The Kier molecular flexibility index (Phi) is 5.99. The average Bonchev–Trinajstić information content (AvgIpc) is 2.35. The number of carbonyl (C=O) groups excluding carboxylic acids is 1. The molecule has 2 N–H and O–H groups in total. The fraction of sp³-hybridized carbons (Fsp3) is 0.364. The van der Waals surface area contributed by atoms with Gasteiger partial charge in [0.25, 0.3) is 5.69 Å². The van der Waals surface area contributed by atoms with Gasteiger partial charge in [0, 0.05) is 19.2 Å². The first kappa shape index (κ1) is 14.3. The summed E-state index contributed by atoms with van der Waals surface area (Å²) in [6.45, 7) is 0.885. The highest BCUT2D eigenvalue weighted by Crippen LogP contribution is 2.22. The zero-order valence-electron chi connectivity index (χ0n) is 10.0. The molecule has 0 aliphatic heterocycles. The Balaban J connectivity index is 2.40. The molecule has 0 aromatic heterocycles. The monoisotopic (exact) mass is 269 g/mol. The number of anilines is 1. The number of hydrogen-bond acceptors (Lipinski definition) is 5. The van der Waals surface area contributed by atoms with Gasteiger partial charge in [-0.2, -0.15) is 11.8 Å². The van der Waals surface area contributed by atoms with E-state index in [9.17, 15) is 14.9 Å². The second-order valence-corrected chi connectivity index (χ2v) is 4.35. The Morgan fingerprint density at radius 2 is 2.11 bits per heavy atom. The first-order valence-electron chi connectivity index (χ1n) is 5.38. The van der Waals surface area contributed by atoms with E-state index in [2.05, 4.69) is 10.6 Å². The number of para-hydroxylation sites is 2. The van der Waals surface area contributed by atoms with Crippen LogP contribution in [-0.2, 0) is 4.79 Å². The summed E-state index contributed by atoms with van der Waals surface area (Å²) in [7, 11) is 0. The Bertz CT molecular complexity index is 426. The van der Waals surface area contributed by atoms with Gasteiger partial charge in [0.2, 0.25) is 5.91 Å². The highest BCUT2D eigenvalue weighted by molar-refractivity contribution is 7.99. The Morgan fingerprint density at radius 1 is 1.39 bits per heavy atom. The van der Waals surface area contributed by atoms with Crippen molar-refractivity contribution in [2.45, 2.75) is 0 Å². The van der Waals surface area contributed by atoms with Crippen molar-refractivity contribution in [3.63, 3.8) is 0 Å². The summed E-state index contributed by atoms with van der Waals surface area (Å²) in [4.78, 5) is 21.5. The molecule has 1 amide bonds. The van der Waals surface area contributed by atoms with Crippen molar-refractivity contribution < 1.29 is 9.72 Å². The maximum absolute atomic E-state index is 11.2. The van der Waals surface area contributed by atoms with Gasteiger partial charge in [-0.15, -0.1) is 0 Å². The maximum atomic E-state index is 11.2. The van der Waals surface area contributed by atoms with Gasteiger partial charge in [-0.05, 0) is 12.3 Å². The van der Waals surface area contributed by atoms with Gasteiger partial charge >= 0.3 is 0 Å². The van der Waals surface area contributed by atoms with Crippen molar-refractivity contribution in [1.82, 2.24) is 5.32 Å². The fourth-order valence-electron chi connectivity index (χ4n) is 1.36. The zero-order chi connectivity index (χ0) is 13.4. The quantitative estimate of drug-likeness (QED) is 0.445. The summed E-state index contributed by atoms with van der Waals surface area (Å²) >= 11 is 1.45. The molecule has 0 heterocycles. The lowest BCUT2D eigenvalue weighted by molar-refractivity contribution is -0.384. The van der Waals surface area contributed by atoms with Gasteiger partial charge in [0.05, 0.1) is 10.7 Å². The van der Waals surface area contributed by atoms with E-state index in [1.165, 1.54) is 17.8 Å². The number of thioether (sulfide) groups is 1. The van der Waals surface area contributed by atoms with E-state index in [0.29, 0.717) is 24.5 Å². The Morgan fingerprint density at radius 3 is 2.78 bits per heavy atom. The van der Waals surface area contributed by atoms with Crippen molar-refractivity contribution in [3.8, 4) is 0 Å². The van der Waals surface area contributed by atoms with Gasteiger partial charge in [-0.3, -0.25) is 14.9 Å². The number of hydrogen-bond donors (Lipinski definition) is 2. The number of carbonyl (C=O) groups is 1. The van der Waals surface area contributed by atoms with E-state index in [4.69, 9.17) is 0 Å². The molecule has 0 bridgehead atoms. The molecule has 18 heavy (non-hydrogen) atoms. The lowest BCUT2D eigenvalue weighted by Crippen LogP contribution is -2.30. The molecule has 1 aromatic carbocycles. The van der Waals surface area contributed by atoms with Crippen LogP contribution in [0.1, 0.15) is 0 Å². The summed E-state index contributed by atoms with van der Waals surface area (Å²) in [5.74, 6) is 0.387. The van der Waals surface area contributed by atoms with Crippen molar-refractivity contribution in [2.24, 2.45) is 0 Å². The molecule has 0 saturated carbocycles. The lowest BCUT2D eigenvalue weighted by Gasteiger charge is -2.07. The van der Waals surface area contributed by atoms with Crippen LogP contribution in [0.15, 0.2) is 24.3 Å². The second-order valence-electron chi connectivity index (χ2n) is 3.48. The number of benzene rings is 1. The predicted molar refractivity (Wildman–Crippen MR) is 73.0 cm³/mol. The molecule has 1 aromatic rings. The molecule has 7 heteroatoms. The summed E-state index contributed by atoms with van der Waals surface area (Å²) in [6, 6.07) is 6.42. The molecule has 0 spiro atoms. The summed E-state index contributed by atoms with van der Waals surface area (Å²) in [5, 5.41) is 16.4. The Labute approximate surface area is 109 Å². The summed E-state index contributed by atoms with van der Waals surface area (Å²) in [6.07, 6.45) is 1.85. The molecule has 0 saturated heterocycles. The van der Waals surface area contributed by atoms with Crippen LogP contribution in [0.2, 0.25) is 0 Å². The van der Waals surface area contributed by atoms with E-state index in [0.717, 1.165) is 0 Å². The van der Waals surface area contributed by atoms with Crippen LogP contribution in [0.4, 0.5) is 11.4 Å². The van der Waals surface area contributed by atoms with E-state index < -0.39 is 4.92 Å². The topological polar surface area (TPSA) is 84.3 Å². The van der Waals surface area contributed by atoms with Crippen LogP contribution in [0, 0.1) is 10.1 Å². The minimum atomic E-state index is -0.436. The molecule has 0 atom stereocenters. The largest absolute Gasteiger partial charge is 0.378 e. The molecule has 98 valence electrons. The SMILES string of the molecule is CSCC(=O)NCCNc1ccccc1[N+](=O)[O-]. The van der Waals surface area contributed by atoms with Crippen LogP contribution < -0.4 is 10.6 Å². The highest BCUT2D eigenvalue weighted by Gasteiger charge is 2.11. The molecular formula is C11H15N3O3S. The first-order valence-corrected chi connectivity index (χ1v) is 6.77. The van der Waals surface area contributed by atoms with Crippen molar-refractivity contribution in [2.75, 3.05) is 30.4 Å². The first-order chi connectivity index (χ1) is 8.65. The van der Waals surface area contributed by atoms with Crippen molar-refractivity contribution in [1.29, 1.82) is 0 Å². The van der Waals surface area contributed by atoms with Gasteiger partial charge in [0.15, 0.2) is 0 Å². The predicted octanol–water partition coefficient (Wildman–Crippen LogP) is 1.49. The molecular weight excluding hydrogens is 254 g/mol. The highest BCUT2D eigenvalue weighted by atomic mass is 32.2. The van der Waals surface area contributed by atoms with E-state index >= 15 is 0 Å². The van der Waals surface area contributed by atoms with Gasteiger partial charge in [-0.25, -0.2) is 0 Å². The minimum Gasteiger partial charge on any atom is -0.378 e. The van der Waals surface area contributed by atoms with Crippen LogP contribution in [-0.4, -0.2) is 35.9 Å². The third kappa shape index (κ3) is 4.62. The number of nitrogens with one attached hydrogen (secondary N) is 2. The second kappa shape index (κ2) is 7.54. The van der Waals surface area contributed by atoms with Gasteiger partial charge in [0.1, 0.15) is 5.69 Å². The van der Waals surface area contributed by atoms with E-state index in [1.807, 2.05) is 6.26 Å². The zero-order valence-corrected chi connectivity index (χ0v) is 10.8. The fourth-order valence-corrected chi connectivity index (χ4v) is 1.73. The molecule has 0 aliphatic rings. The van der Waals surface area contributed by atoms with Crippen LogP contribution in [0.3, 0.4) is 0 Å². The summed E-state index contributed by atoms with van der Waals surface area (Å²) < 4.78 is 0. The van der Waals surface area contributed by atoms with Crippen LogP contribution in [0.25, 0.3) is 0 Å². The van der Waals surface area contributed by atoms with Crippen LogP contribution in [0.5, 0.6) is 0 Å². The molecule has 1 rings (SSSR count). The van der Waals surface area contributed by atoms with E-state index in [1.54, 1.807) is 18.2 Å². The van der Waals surface area contributed by atoms with Crippen molar-refractivity contribution >= 4 is 29.0 Å². The normalized spacial score (nSPS) is 9.83. The van der Waals surface area contributed by atoms with Crippen molar-refractivity contribution in [3.05, 3.63) is 34.4 Å². The van der Waals surface area contributed by atoms with E-state index in [-0.39, 0.29) is 11.6 Å². The third-order valence-electron chi connectivity index (χ3n) is 2.14. The maximum Gasteiger partial charge on any atom is 0.292 e. The smallest absolute Gasteiger partial charge is 0.292 e. The van der Waals surface area contributed by atoms with Gasteiger partial charge in [-0.1, -0.05) is 12.1 Å². The molecule has 0 unspecified atom stereocenters. The molecule has 0 aliphatic carbocycles. The minimum absolute atomic E-state index is 0.0351. The molecule has 6 nitrogen and oxygen atoms in total. The molecule has 0 fully saturated rings. The number of nitro groups is 1. The number of rotatable bonds is 7. The summed E-state index contributed by atoms with van der Waals surface area (Å²) in [5.41, 5.74) is 0.495. The molecule has 0 radical (unpaired) electrons. The van der Waals surface area contributed by atoms with Gasteiger partial charge < -0.3 is 10.6 Å². The lowest BCUT2D eigenvalue weighted by atomic mass is 10.2. The third-order valence-corrected chi connectivity index (χ3v) is 2.69. The Hall–Kier alpha value is -1.76. The number of nitro benzene ring substituents is 1. The average molecular weight is 269 g/mol. The number of nitrogens with zero attached hydrogens (tertiary/aromatic N) is 1. The van der Waals surface area contributed by atoms with Crippen LogP contribution >= 0.6 is 11.8 Å².